The highest BCUT2D eigenvalue weighted by Crippen LogP contribution is 2.29. The van der Waals surface area contributed by atoms with Crippen molar-refractivity contribution in [3.63, 3.8) is 0 Å². The Morgan fingerprint density at radius 2 is 2.29 bits per heavy atom. The molecule has 7 heteroatoms. The molecular weight excluding hydrogens is 272 g/mol. The number of aliphatic hydroxyl groups is 1. The van der Waals surface area contributed by atoms with E-state index in [2.05, 4.69) is 15.4 Å². The molecule has 2 N–H and O–H groups in total. The standard InChI is InChI=1S/C14H20N4O3/c1-5-21-14(20)10-7-16-13-11(9(3)17-18(13)4)12(10)15-6-8(2)19/h7-8,19H,5-6H2,1-4H3,(H,15,16). The molecule has 21 heavy (non-hydrogen) atoms. The van der Waals surface area contributed by atoms with Crippen LogP contribution in [0.4, 0.5) is 5.69 Å². The zero-order valence-electron chi connectivity index (χ0n) is 12.7. The number of carbonyl (C=O) groups is 1. The number of esters is 1. The van der Waals surface area contributed by atoms with Gasteiger partial charge >= 0.3 is 5.97 Å². The molecule has 0 saturated heterocycles. The number of pyridine rings is 1. The molecule has 2 aromatic heterocycles. The van der Waals surface area contributed by atoms with Gasteiger partial charge in [-0.1, -0.05) is 0 Å². The summed E-state index contributed by atoms with van der Waals surface area (Å²) in [5.74, 6) is -0.441. The van der Waals surface area contributed by atoms with Gasteiger partial charge in [-0.3, -0.25) is 4.68 Å². The second-order valence-corrected chi connectivity index (χ2v) is 4.90. The SMILES string of the molecule is CCOC(=O)c1cnc2c(c(C)nn2C)c1NCC(C)O. The number of aryl methyl sites for hydroxylation is 2. The van der Waals surface area contributed by atoms with Gasteiger partial charge in [0.2, 0.25) is 0 Å². The molecule has 2 aromatic rings. The van der Waals surface area contributed by atoms with Gasteiger partial charge in [0.25, 0.3) is 0 Å². The molecule has 0 aliphatic rings. The molecule has 2 rings (SSSR count). The maximum atomic E-state index is 12.1. The van der Waals surface area contributed by atoms with Crippen molar-refractivity contribution in [1.29, 1.82) is 0 Å². The van der Waals surface area contributed by atoms with Crippen molar-refractivity contribution in [2.75, 3.05) is 18.5 Å². The molecule has 0 bridgehead atoms. The van der Waals surface area contributed by atoms with Gasteiger partial charge in [0.1, 0.15) is 5.56 Å². The van der Waals surface area contributed by atoms with Crippen molar-refractivity contribution in [3.8, 4) is 0 Å². The van der Waals surface area contributed by atoms with Crippen LogP contribution in [0, 0.1) is 6.92 Å². The molecular formula is C14H20N4O3. The molecule has 2 heterocycles. The summed E-state index contributed by atoms with van der Waals surface area (Å²) in [5, 5.41) is 17.7. The van der Waals surface area contributed by atoms with Gasteiger partial charge in [0.05, 0.1) is 29.5 Å². The second-order valence-electron chi connectivity index (χ2n) is 4.90. The van der Waals surface area contributed by atoms with Crippen LogP contribution < -0.4 is 5.32 Å². The van der Waals surface area contributed by atoms with Crippen LogP contribution in [-0.4, -0.2) is 45.1 Å². The molecule has 0 aliphatic carbocycles. The van der Waals surface area contributed by atoms with Crippen LogP contribution in [-0.2, 0) is 11.8 Å². The predicted octanol–water partition coefficient (Wildman–Crippen LogP) is 1.25. The molecule has 1 atom stereocenters. The predicted molar refractivity (Wildman–Crippen MR) is 79.4 cm³/mol. The highest BCUT2D eigenvalue weighted by atomic mass is 16.5. The summed E-state index contributed by atoms with van der Waals surface area (Å²) in [6, 6.07) is 0. The number of rotatable bonds is 5. The fourth-order valence-corrected chi connectivity index (χ4v) is 2.21. The van der Waals surface area contributed by atoms with E-state index in [0.29, 0.717) is 30.0 Å². The minimum Gasteiger partial charge on any atom is -0.462 e. The summed E-state index contributed by atoms with van der Waals surface area (Å²) in [5.41, 5.74) is 2.39. The summed E-state index contributed by atoms with van der Waals surface area (Å²) in [6.07, 6.45) is 0.937. The minimum absolute atomic E-state index is 0.290. The highest BCUT2D eigenvalue weighted by molar-refractivity contribution is 6.05. The van der Waals surface area contributed by atoms with Gasteiger partial charge in [-0.2, -0.15) is 5.10 Å². The average molecular weight is 292 g/mol. The quantitative estimate of drug-likeness (QED) is 0.806. The second kappa shape index (κ2) is 6.09. The summed E-state index contributed by atoms with van der Waals surface area (Å²) < 4.78 is 6.72. The molecule has 114 valence electrons. The van der Waals surface area contributed by atoms with Crippen molar-refractivity contribution < 1.29 is 14.6 Å². The first-order valence-corrected chi connectivity index (χ1v) is 6.87. The monoisotopic (exact) mass is 292 g/mol. The van der Waals surface area contributed by atoms with Gasteiger partial charge in [-0.25, -0.2) is 9.78 Å². The Kier molecular flexibility index (Phi) is 4.42. The van der Waals surface area contributed by atoms with Gasteiger partial charge in [-0.05, 0) is 20.8 Å². The smallest absolute Gasteiger partial charge is 0.341 e. The molecule has 0 aliphatic heterocycles. The van der Waals surface area contributed by atoms with Crippen LogP contribution in [0.2, 0.25) is 0 Å². The third-order valence-electron chi connectivity index (χ3n) is 3.10. The van der Waals surface area contributed by atoms with E-state index in [0.717, 1.165) is 11.1 Å². The van der Waals surface area contributed by atoms with Crippen LogP contribution in [0.5, 0.6) is 0 Å². The van der Waals surface area contributed by atoms with Gasteiger partial charge in [0.15, 0.2) is 5.65 Å². The van der Waals surface area contributed by atoms with E-state index in [1.54, 1.807) is 25.6 Å². The first-order valence-electron chi connectivity index (χ1n) is 6.87. The Bertz CT molecular complexity index is 664. The van der Waals surface area contributed by atoms with Crippen LogP contribution >= 0.6 is 0 Å². The topological polar surface area (TPSA) is 89.3 Å². The third kappa shape index (κ3) is 2.97. The number of hydrogen-bond donors (Lipinski definition) is 2. The molecule has 7 nitrogen and oxygen atoms in total. The van der Waals surface area contributed by atoms with Crippen LogP contribution in [0.3, 0.4) is 0 Å². The number of carbonyl (C=O) groups excluding carboxylic acids is 1. The Hall–Kier alpha value is -2.15. The average Bonchev–Trinajstić information content (AvgIpc) is 2.71. The Balaban J connectivity index is 2.59. The highest BCUT2D eigenvalue weighted by Gasteiger charge is 2.20. The lowest BCUT2D eigenvalue weighted by Gasteiger charge is -2.14. The van der Waals surface area contributed by atoms with E-state index in [9.17, 15) is 9.90 Å². The van der Waals surface area contributed by atoms with Crippen LogP contribution in [0.1, 0.15) is 29.9 Å². The zero-order chi connectivity index (χ0) is 15.6. The zero-order valence-corrected chi connectivity index (χ0v) is 12.7. The van der Waals surface area contributed by atoms with Crippen molar-refractivity contribution in [2.45, 2.75) is 26.9 Å². The third-order valence-corrected chi connectivity index (χ3v) is 3.10. The normalized spacial score (nSPS) is 12.4. The number of aliphatic hydroxyl groups excluding tert-OH is 1. The van der Waals surface area contributed by atoms with Gasteiger partial charge in [-0.15, -0.1) is 0 Å². The van der Waals surface area contributed by atoms with E-state index in [1.807, 2.05) is 6.92 Å². The summed E-state index contributed by atoms with van der Waals surface area (Å²) in [6.45, 7) is 5.89. The van der Waals surface area contributed by atoms with E-state index in [4.69, 9.17) is 4.74 Å². The van der Waals surface area contributed by atoms with Crippen molar-refractivity contribution in [2.24, 2.45) is 7.05 Å². The number of nitrogens with zero attached hydrogens (tertiary/aromatic N) is 3. The lowest BCUT2D eigenvalue weighted by atomic mass is 10.1. The number of anilines is 1. The van der Waals surface area contributed by atoms with E-state index in [-0.39, 0.29) is 0 Å². The lowest BCUT2D eigenvalue weighted by molar-refractivity contribution is 0.0527. The molecule has 0 saturated carbocycles. The molecule has 0 fully saturated rings. The molecule has 0 radical (unpaired) electrons. The first kappa shape index (κ1) is 15.2. The molecule has 1 unspecified atom stereocenters. The van der Waals surface area contributed by atoms with E-state index in [1.165, 1.54) is 6.20 Å². The Labute approximate surface area is 122 Å². The van der Waals surface area contributed by atoms with Gasteiger partial charge in [0, 0.05) is 19.8 Å². The molecule has 0 spiro atoms. The van der Waals surface area contributed by atoms with E-state index >= 15 is 0 Å². The van der Waals surface area contributed by atoms with Crippen molar-refractivity contribution in [3.05, 3.63) is 17.5 Å². The van der Waals surface area contributed by atoms with Crippen LogP contribution in [0.15, 0.2) is 6.20 Å². The van der Waals surface area contributed by atoms with Gasteiger partial charge < -0.3 is 15.2 Å². The molecule has 0 aromatic carbocycles. The fourth-order valence-electron chi connectivity index (χ4n) is 2.21. The Morgan fingerprint density at radius 1 is 1.57 bits per heavy atom. The van der Waals surface area contributed by atoms with Crippen molar-refractivity contribution >= 4 is 22.7 Å². The van der Waals surface area contributed by atoms with Crippen molar-refractivity contribution in [1.82, 2.24) is 14.8 Å². The number of ether oxygens (including phenoxy) is 1. The summed E-state index contributed by atoms with van der Waals surface area (Å²) >= 11 is 0. The summed E-state index contributed by atoms with van der Waals surface area (Å²) in [7, 11) is 1.80. The number of nitrogens with one attached hydrogen (secondary N) is 1. The maximum Gasteiger partial charge on any atom is 0.341 e. The fraction of sp³-hybridized carbons (Fsp3) is 0.500. The number of fused-ring (bicyclic) bond motifs is 1. The Morgan fingerprint density at radius 3 is 2.90 bits per heavy atom. The van der Waals surface area contributed by atoms with Crippen LogP contribution in [0.25, 0.3) is 11.0 Å². The lowest BCUT2D eigenvalue weighted by Crippen LogP contribution is -2.18. The largest absolute Gasteiger partial charge is 0.462 e. The number of aromatic nitrogens is 3. The maximum absolute atomic E-state index is 12.1. The minimum atomic E-state index is -0.541. The van der Waals surface area contributed by atoms with E-state index < -0.39 is 12.1 Å². The number of hydrogen-bond acceptors (Lipinski definition) is 6. The summed E-state index contributed by atoms with van der Waals surface area (Å²) in [4.78, 5) is 16.4. The molecule has 0 amide bonds. The first-order chi connectivity index (χ1) is 9.95.